The highest BCUT2D eigenvalue weighted by molar-refractivity contribution is 7.94. The Hall–Kier alpha value is -2.43. The molecule has 0 aliphatic carbocycles. The Morgan fingerprint density at radius 2 is 2.05 bits per heavy atom. The van der Waals surface area contributed by atoms with Gasteiger partial charge in [0.2, 0.25) is 0 Å². The van der Waals surface area contributed by atoms with Crippen LogP contribution in [0.2, 0.25) is 0 Å². The van der Waals surface area contributed by atoms with E-state index in [1.54, 1.807) is 41.9 Å². The third-order valence-corrected chi connectivity index (χ3v) is 5.66. The summed E-state index contributed by atoms with van der Waals surface area (Å²) in [6.07, 6.45) is 1.62. The van der Waals surface area contributed by atoms with Crippen LogP contribution in [0.25, 0.3) is 10.9 Å². The number of nitriles is 1. The Bertz CT molecular complexity index is 942. The molecule has 3 aromatic rings. The van der Waals surface area contributed by atoms with E-state index in [4.69, 9.17) is 0 Å². The Labute approximate surface area is 125 Å². The van der Waals surface area contributed by atoms with Crippen molar-refractivity contribution in [3.05, 3.63) is 53.5 Å². The van der Waals surface area contributed by atoms with Crippen LogP contribution in [0.5, 0.6) is 0 Å². The van der Waals surface area contributed by atoms with Crippen molar-refractivity contribution in [1.82, 2.24) is 4.98 Å². The Balaban J connectivity index is 2.12. The fraction of sp³-hybridized carbons (Fsp3) is 0. The standard InChI is InChI=1S/C14H9N3O2S2/c15-9-11-10-3-1-7-16-12(10)5-6-13(11)17-21(18,19)14-4-2-8-20-14/h1-8,17H. The molecule has 0 unspecified atom stereocenters. The fourth-order valence-corrected chi connectivity index (χ4v) is 4.03. The van der Waals surface area contributed by atoms with Gasteiger partial charge in [-0.05, 0) is 35.7 Å². The molecule has 0 bridgehead atoms. The maximum atomic E-state index is 12.2. The van der Waals surface area contributed by atoms with Crippen molar-refractivity contribution in [2.45, 2.75) is 4.21 Å². The molecule has 0 saturated carbocycles. The Morgan fingerprint density at radius 3 is 2.76 bits per heavy atom. The van der Waals surface area contributed by atoms with Crippen LogP contribution in [0.15, 0.2) is 52.2 Å². The van der Waals surface area contributed by atoms with E-state index in [1.807, 2.05) is 6.07 Å². The summed E-state index contributed by atoms with van der Waals surface area (Å²) in [5.41, 5.74) is 1.17. The van der Waals surface area contributed by atoms with Crippen molar-refractivity contribution in [1.29, 1.82) is 5.26 Å². The number of sulfonamides is 1. The van der Waals surface area contributed by atoms with Gasteiger partial charge in [-0.2, -0.15) is 5.26 Å². The first-order valence-electron chi connectivity index (χ1n) is 5.96. The summed E-state index contributed by atoms with van der Waals surface area (Å²) < 4.78 is 27.2. The number of nitrogens with one attached hydrogen (secondary N) is 1. The molecule has 3 rings (SSSR count). The quantitative estimate of drug-likeness (QED) is 0.805. The van der Waals surface area contributed by atoms with Gasteiger partial charge in [0.1, 0.15) is 10.3 Å². The molecule has 0 aliphatic heterocycles. The zero-order valence-electron chi connectivity index (χ0n) is 10.6. The summed E-state index contributed by atoms with van der Waals surface area (Å²) >= 11 is 1.12. The first-order chi connectivity index (χ1) is 10.1. The molecule has 1 aromatic carbocycles. The first kappa shape index (κ1) is 13.5. The minimum Gasteiger partial charge on any atom is -0.278 e. The molecule has 1 N–H and O–H groups in total. The number of hydrogen-bond donors (Lipinski definition) is 1. The number of anilines is 1. The minimum absolute atomic E-state index is 0.206. The molecular weight excluding hydrogens is 306 g/mol. The highest BCUT2D eigenvalue weighted by Gasteiger charge is 2.18. The normalized spacial score (nSPS) is 11.2. The van der Waals surface area contributed by atoms with Crippen LogP contribution in [0, 0.1) is 11.3 Å². The lowest BCUT2D eigenvalue weighted by Crippen LogP contribution is -2.12. The van der Waals surface area contributed by atoms with Crippen molar-refractivity contribution in [3.8, 4) is 6.07 Å². The van der Waals surface area contributed by atoms with Crippen LogP contribution >= 0.6 is 11.3 Å². The smallest absolute Gasteiger partial charge is 0.271 e. The largest absolute Gasteiger partial charge is 0.278 e. The average Bonchev–Trinajstić information content (AvgIpc) is 3.02. The van der Waals surface area contributed by atoms with Crippen LogP contribution in [-0.4, -0.2) is 13.4 Å². The van der Waals surface area contributed by atoms with Crippen molar-refractivity contribution >= 4 is 38.0 Å². The molecule has 0 fully saturated rings. The second-order valence-corrected chi connectivity index (χ2v) is 7.06. The number of fused-ring (bicyclic) bond motifs is 1. The lowest BCUT2D eigenvalue weighted by Gasteiger charge is -2.09. The average molecular weight is 315 g/mol. The maximum Gasteiger partial charge on any atom is 0.271 e. The maximum absolute atomic E-state index is 12.2. The molecule has 0 atom stereocenters. The monoisotopic (exact) mass is 315 g/mol. The number of aromatic nitrogens is 1. The van der Waals surface area contributed by atoms with Gasteiger partial charge in [0, 0.05) is 11.6 Å². The van der Waals surface area contributed by atoms with Crippen LogP contribution in [-0.2, 0) is 10.0 Å². The molecule has 104 valence electrons. The van der Waals surface area contributed by atoms with Gasteiger partial charge in [0.15, 0.2) is 0 Å². The number of pyridine rings is 1. The van der Waals surface area contributed by atoms with Crippen LogP contribution in [0.3, 0.4) is 0 Å². The van der Waals surface area contributed by atoms with E-state index in [-0.39, 0.29) is 15.5 Å². The summed E-state index contributed by atoms with van der Waals surface area (Å²) in [4.78, 5) is 4.15. The summed E-state index contributed by atoms with van der Waals surface area (Å²) in [6.45, 7) is 0. The number of rotatable bonds is 3. The van der Waals surface area contributed by atoms with Gasteiger partial charge in [-0.1, -0.05) is 6.07 Å². The molecule has 0 aliphatic rings. The molecule has 5 nitrogen and oxygen atoms in total. The number of nitrogens with zero attached hydrogens (tertiary/aromatic N) is 2. The Kier molecular flexibility index (Phi) is 3.33. The minimum atomic E-state index is -3.67. The zero-order valence-corrected chi connectivity index (χ0v) is 12.3. The molecule has 0 spiro atoms. The molecule has 2 heterocycles. The second kappa shape index (κ2) is 5.16. The van der Waals surface area contributed by atoms with Gasteiger partial charge in [-0.25, -0.2) is 8.42 Å². The SMILES string of the molecule is N#Cc1c(NS(=O)(=O)c2cccs2)ccc2ncccc12. The van der Waals surface area contributed by atoms with Gasteiger partial charge in [0.25, 0.3) is 10.0 Å². The third kappa shape index (κ3) is 2.46. The number of hydrogen-bond acceptors (Lipinski definition) is 5. The summed E-state index contributed by atoms with van der Waals surface area (Å²) in [7, 11) is -3.67. The van der Waals surface area contributed by atoms with Crippen molar-refractivity contribution in [2.75, 3.05) is 4.72 Å². The second-order valence-electron chi connectivity index (χ2n) is 4.21. The van der Waals surface area contributed by atoms with Crippen LogP contribution in [0.1, 0.15) is 5.56 Å². The summed E-state index contributed by atoms with van der Waals surface area (Å²) in [6, 6.07) is 11.9. The topological polar surface area (TPSA) is 82.9 Å². The number of benzene rings is 1. The van der Waals surface area contributed by atoms with Crippen LogP contribution in [0.4, 0.5) is 5.69 Å². The van der Waals surface area contributed by atoms with E-state index in [9.17, 15) is 13.7 Å². The van der Waals surface area contributed by atoms with E-state index in [1.165, 1.54) is 6.07 Å². The predicted molar refractivity (Wildman–Crippen MR) is 81.6 cm³/mol. The van der Waals surface area contributed by atoms with E-state index in [0.29, 0.717) is 10.9 Å². The van der Waals surface area contributed by atoms with Gasteiger partial charge in [-0.15, -0.1) is 11.3 Å². The highest BCUT2D eigenvalue weighted by Crippen LogP contribution is 2.27. The van der Waals surface area contributed by atoms with E-state index < -0.39 is 10.0 Å². The fourth-order valence-electron chi connectivity index (χ4n) is 1.97. The molecule has 2 aromatic heterocycles. The van der Waals surface area contributed by atoms with E-state index in [0.717, 1.165) is 11.3 Å². The molecular formula is C14H9N3O2S2. The van der Waals surface area contributed by atoms with Crippen molar-refractivity contribution in [3.63, 3.8) is 0 Å². The lowest BCUT2D eigenvalue weighted by molar-refractivity contribution is 0.603. The molecule has 0 radical (unpaired) electrons. The highest BCUT2D eigenvalue weighted by atomic mass is 32.2. The Morgan fingerprint density at radius 1 is 1.19 bits per heavy atom. The van der Waals surface area contributed by atoms with E-state index >= 15 is 0 Å². The van der Waals surface area contributed by atoms with Gasteiger partial charge in [-0.3, -0.25) is 9.71 Å². The summed E-state index contributed by atoms with van der Waals surface area (Å²) in [5.74, 6) is 0. The lowest BCUT2D eigenvalue weighted by atomic mass is 10.1. The first-order valence-corrected chi connectivity index (χ1v) is 8.32. The molecule has 21 heavy (non-hydrogen) atoms. The molecule has 7 heteroatoms. The van der Waals surface area contributed by atoms with Gasteiger partial charge < -0.3 is 0 Å². The van der Waals surface area contributed by atoms with Gasteiger partial charge >= 0.3 is 0 Å². The molecule has 0 amide bonds. The van der Waals surface area contributed by atoms with Crippen LogP contribution < -0.4 is 4.72 Å². The van der Waals surface area contributed by atoms with E-state index in [2.05, 4.69) is 9.71 Å². The van der Waals surface area contributed by atoms with Crippen molar-refractivity contribution < 1.29 is 8.42 Å². The van der Waals surface area contributed by atoms with Crippen molar-refractivity contribution in [2.24, 2.45) is 0 Å². The zero-order chi connectivity index (χ0) is 14.9. The summed E-state index contributed by atoms with van der Waals surface area (Å²) in [5, 5.41) is 11.6. The third-order valence-electron chi connectivity index (χ3n) is 2.90. The van der Waals surface area contributed by atoms with Gasteiger partial charge in [0.05, 0.1) is 16.8 Å². The molecule has 0 saturated heterocycles. The number of thiophene rings is 1. The predicted octanol–water partition coefficient (Wildman–Crippen LogP) is 2.97.